The van der Waals surface area contributed by atoms with Gasteiger partial charge in [0.25, 0.3) is 0 Å². The minimum Gasteiger partial charge on any atom is -0.461 e. The van der Waals surface area contributed by atoms with E-state index in [1.54, 1.807) is 11.8 Å². The Bertz CT molecular complexity index is 373. The van der Waals surface area contributed by atoms with Gasteiger partial charge >= 0.3 is 5.97 Å². The summed E-state index contributed by atoms with van der Waals surface area (Å²) in [4.78, 5) is 12.5. The Morgan fingerprint density at radius 1 is 1.38 bits per heavy atom. The van der Waals surface area contributed by atoms with E-state index in [9.17, 15) is 4.79 Å². The summed E-state index contributed by atoms with van der Waals surface area (Å²) in [5, 5.41) is 0. The van der Waals surface area contributed by atoms with Crippen molar-refractivity contribution in [3.05, 3.63) is 30.3 Å². The normalized spacial score (nSPS) is 23.1. The molecule has 2 rings (SSSR count). The molecule has 1 fully saturated rings. The predicted octanol–water partition coefficient (Wildman–Crippen LogP) is 3.12. The Labute approximate surface area is 100 Å². The molecule has 1 saturated heterocycles. The highest BCUT2D eigenvalue weighted by atomic mass is 32.2. The van der Waals surface area contributed by atoms with E-state index in [1.807, 2.05) is 18.2 Å². The first kappa shape index (κ1) is 11.5. The quantitative estimate of drug-likeness (QED) is 0.596. The zero-order valence-corrected chi connectivity index (χ0v) is 10.4. The van der Waals surface area contributed by atoms with Gasteiger partial charge in [0.15, 0.2) is 0 Å². The molecule has 0 radical (unpaired) electrons. The van der Waals surface area contributed by atoms with Crippen LogP contribution in [0, 0.1) is 5.41 Å². The number of benzene rings is 1. The number of carbonyl (C=O) groups is 1. The third-order valence-electron chi connectivity index (χ3n) is 2.89. The molecule has 0 spiro atoms. The van der Waals surface area contributed by atoms with E-state index in [4.69, 9.17) is 4.74 Å². The maximum absolute atomic E-state index is 11.2. The van der Waals surface area contributed by atoms with Crippen LogP contribution >= 0.6 is 11.8 Å². The van der Waals surface area contributed by atoms with Crippen LogP contribution < -0.4 is 0 Å². The molecule has 0 amide bonds. The summed E-state index contributed by atoms with van der Waals surface area (Å²) in [6, 6.07) is 10.2. The number of cyclic esters (lactones) is 1. The van der Waals surface area contributed by atoms with Gasteiger partial charge in [0.2, 0.25) is 0 Å². The number of thioether (sulfide) groups is 1. The lowest BCUT2D eigenvalue weighted by Crippen LogP contribution is -2.26. The van der Waals surface area contributed by atoms with Crippen molar-refractivity contribution in [2.24, 2.45) is 5.41 Å². The number of esters is 1. The lowest BCUT2D eigenvalue weighted by atomic mass is 9.86. The van der Waals surface area contributed by atoms with Gasteiger partial charge in [0.05, 0.1) is 6.42 Å². The van der Waals surface area contributed by atoms with Crippen molar-refractivity contribution in [2.75, 3.05) is 5.75 Å². The largest absolute Gasteiger partial charge is 0.461 e. The van der Waals surface area contributed by atoms with E-state index in [2.05, 4.69) is 26.0 Å². The van der Waals surface area contributed by atoms with Gasteiger partial charge in [-0.2, -0.15) is 0 Å². The standard InChI is InChI=1S/C13H16O2S/c1-13(2)8-12(14)15-11(13)9-16-10-6-4-3-5-7-10/h3-7,11H,8-9H2,1-2H3. The van der Waals surface area contributed by atoms with Gasteiger partial charge in [0.1, 0.15) is 6.10 Å². The van der Waals surface area contributed by atoms with Crippen molar-refractivity contribution in [2.45, 2.75) is 31.3 Å². The number of hydrogen-bond acceptors (Lipinski definition) is 3. The van der Waals surface area contributed by atoms with Crippen LogP contribution in [0.5, 0.6) is 0 Å². The van der Waals surface area contributed by atoms with Crippen LogP contribution in [0.1, 0.15) is 20.3 Å². The number of hydrogen-bond donors (Lipinski definition) is 0. The molecule has 0 bridgehead atoms. The molecule has 1 aromatic carbocycles. The molecule has 1 aromatic rings. The Balaban J connectivity index is 1.94. The first-order valence-corrected chi connectivity index (χ1v) is 6.44. The van der Waals surface area contributed by atoms with E-state index >= 15 is 0 Å². The third kappa shape index (κ3) is 2.59. The Hall–Kier alpha value is -0.960. The molecule has 2 nitrogen and oxygen atoms in total. The maximum Gasteiger partial charge on any atom is 0.306 e. The summed E-state index contributed by atoms with van der Waals surface area (Å²) in [7, 11) is 0. The summed E-state index contributed by atoms with van der Waals surface area (Å²) >= 11 is 1.74. The molecule has 1 aliphatic rings. The molecular weight excluding hydrogens is 220 g/mol. The zero-order valence-electron chi connectivity index (χ0n) is 9.60. The summed E-state index contributed by atoms with van der Waals surface area (Å²) in [6.07, 6.45) is 0.567. The lowest BCUT2D eigenvalue weighted by molar-refractivity contribution is -0.140. The minimum absolute atomic E-state index is 0.0289. The minimum atomic E-state index is -0.0661. The Morgan fingerprint density at radius 2 is 2.06 bits per heavy atom. The number of ether oxygens (including phenoxy) is 1. The first-order chi connectivity index (χ1) is 7.58. The fraction of sp³-hybridized carbons (Fsp3) is 0.462. The topological polar surface area (TPSA) is 26.3 Å². The second-order valence-corrected chi connectivity index (χ2v) is 5.86. The molecule has 0 aromatic heterocycles. The molecule has 0 N–H and O–H groups in total. The molecule has 0 aliphatic carbocycles. The molecule has 1 unspecified atom stereocenters. The van der Waals surface area contributed by atoms with Gasteiger partial charge in [-0.25, -0.2) is 0 Å². The average Bonchev–Trinajstić information content (AvgIpc) is 2.50. The molecule has 0 saturated carbocycles. The van der Waals surface area contributed by atoms with Crippen molar-refractivity contribution in [1.82, 2.24) is 0 Å². The van der Waals surface area contributed by atoms with Crippen LogP contribution in [-0.2, 0) is 9.53 Å². The molecule has 86 valence electrons. The third-order valence-corrected chi connectivity index (χ3v) is 3.96. The Kier molecular flexibility index (Phi) is 3.24. The SMILES string of the molecule is CC1(C)CC(=O)OC1CSc1ccccc1. The highest BCUT2D eigenvalue weighted by molar-refractivity contribution is 7.99. The Morgan fingerprint density at radius 3 is 2.62 bits per heavy atom. The van der Waals surface area contributed by atoms with Gasteiger partial charge in [-0.05, 0) is 12.1 Å². The molecule has 1 aliphatic heterocycles. The summed E-state index contributed by atoms with van der Waals surface area (Å²) in [5.41, 5.74) is -0.0289. The van der Waals surface area contributed by atoms with Crippen molar-refractivity contribution in [3.8, 4) is 0 Å². The van der Waals surface area contributed by atoms with Crippen molar-refractivity contribution in [3.63, 3.8) is 0 Å². The monoisotopic (exact) mass is 236 g/mol. The van der Waals surface area contributed by atoms with E-state index < -0.39 is 0 Å². The lowest BCUT2D eigenvalue weighted by Gasteiger charge is -2.23. The van der Waals surface area contributed by atoms with Gasteiger partial charge in [-0.1, -0.05) is 32.0 Å². The van der Waals surface area contributed by atoms with Crippen molar-refractivity contribution >= 4 is 17.7 Å². The van der Waals surface area contributed by atoms with Crippen molar-refractivity contribution < 1.29 is 9.53 Å². The highest BCUT2D eigenvalue weighted by Crippen LogP contribution is 2.37. The van der Waals surface area contributed by atoms with Gasteiger partial charge in [-0.15, -0.1) is 11.8 Å². The van der Waals surface area contributed by atoms with Gasteiger partial charge in [0, 0.05) is 16.1 Å². The smallest absolute Gasteiger partial charge is 0.306 e. The highest BCUT2D eigenvalue weighted by Gasteiger charge is 2.41. The maximum atomic E-state index is 11.2. The van der Waals surface area contributed by atoms with Crippen LogP contribution in [0.25, 0.3) is 0 Å². The van der Waals surface area contributed by atoms with Crippen LogP contribution in [0.4, 0.5) is 0 Å². The van der Waals surface area contributed by atoms with Crippen LogP contribution in [-0.4, -0.2) is 17.8 Å². The fourth-order valence-electron chi connectivity index (χ4n) is 1.79. The van der Waals surface area contributed by atoms with E-state index in [0.717, 1.165) is 5.75 Å². The predicted molar refractivity (Wildman–Crippen MR) is 65.4 cm³/mol. The molecule has 3 heteroatoms. The summed E-state index contributed by atoms with van der Waals surface area (Å²) < 4.78 is 5.34. The average molecular weight is 236 g/mol. The van der Waals surface area contributed by atoms with Crippen LogP contribution in [0.2, 0.25) is 0 Å². The van der Waals surface area contributed by atoms with Crippen LogP contribution in [0.3, 0.4) is 0 Å². The summed E-state index contributed by atoms with van der Waals surface area (Å²) in [5.74, 6) is 0.770. The first-order valence-electron chi connectivity index (χ1n) is 5.45. The fourth-order valence-corrected chi connectivity index (χ4v) is 3.01. The van der Waals surface area contributed by atoms with E-state index in [1.165, 1.54) is 4.90 Å². The summed E-state index contributed by atoms with van der Waals surface area (Å²) in [6.45, 7) is 4.18. The van der Waals surface area contributed by atoms with E-state index in [-0.39, 0.29) is 17.5 Å². The number of carbonyl (C=O) groups excluding carboxylic acids is 1. The van der Waals surface area contributed by atoms with Gasteiger partial charge < -0.3 is 4.74 Å². The molecule has 1 heterocycles. The van der Waals surface area contributed by atoms with E-state index in [0.29, 0.717) is 6.42 Å². The molecule has 1 atom stereocenters. The second-order valence-electron chi connectivity index (χ2n) is 4.77. The zero-order chi connectivity index (χ0) is 11.6. The van der Waals surface area contributed by atoms with Gasteiger partial charge in [-0.3, -0.25) is 4.79 Å². The number of rotatable bonds is 3. The van der Waals surface area contributed by atoms with Crippen molar-refractivity contribution in [1.29, 1.82) is 0 Å². The molecule has 16 heavy (non-hydrogen) atoms. The molecular formula is C13H16O2S. The van der Waals surface area contributed by atoms with Crippen LogP contribution in [0.15, 0.2) is 35.2 Å². The second kappa shape index (κ2) is 4.50.